The number of pyridine rings is 1. The maximum absolute atomic E-state index is 11.9. The molecular formula is C11H10BrN3OS. The molecule has 3 N–H and O–H groups in total. The zero-order chi connectivity index (χ0) is 12.4. The van der Waals surface area contributed by atoms with E-state index in [0.717, 1.165) is 5.56 Å². The highest BCUT2D eigenvalue weighted by Gasteiger charge is 2.12. The maximum atomic E-state index is 11.9. The van der Waals surface area contributed by atoms with Crippen LogP contribution in [0.2, 0.25) is 0 Å². The Hall–Kier alpha value is -1.40. The number of hydrogen-bond acceptors (Lipinski definition) is 4. The van der Waals surface area contributed by atoms with Crippen molar-refractivity contribution < 1.29 is 4.79 Å². The molecule has 0 fully saturated rings. The maximum Gasteiger partial charge on any atom is 0.257 e. The van der Waals surface area contributed by atoms with E-state index >= 15 is 0 Å². The number of aromatic nitrogens is 1. The number of carbonyl (C=O) groups excluding carboxylic acids is 1. The van der Waals surface area contributed by atoms with E-state index in [4.69, 9.17) is 5.73 Å². The second-order valence-electron chi connectivity index (χ2n) is 3.52. The molecule has 0 spiro atoms. The van der Waals surface area contributed by atoms with Crippen LogP contribution in [0.25, 0.3) is 0 Å². The van der Waals surface area contributed by atoms with Crippen LogP contribution in [-0.4, -0.2) is 10.9 Å². The summed E-state index contributed by atoms with van der Waals surface area (Å²) >= 11 is 4.80. The largest absolute Gasteiger partial charge is 0.397 e. The van der Waals surface area contributed by atoms with Gasteiger partial charge in [0.05, 0.1) is 21.9 Å². The van der Waals surface area contributed by atoms with Crippen molar-refractivity contribution in [3.05, 3.63) is 38.6 Å². The Morgan fingerprint density at radius 3 is 2.88 bits per heavy atom. The Morgan fingerprint density at radius 2 is 2.29 bits per heavy atom. The van der Waals surface area contributed by atoms with Crippen molar-refractivity contribution in [3.8, 4) is 0 Å². The van der Waals surface area contributed by atoms with Gasteiger partial charge >= 0.3 is 0 Å². The van der Waals surface area contributed by atoms with E-state index in [-0.39, 0.29) is 5.91 Å². The molecule has 0 aliphatic heterocycles. The zero-order valence-corrected chi connectivity index (χ0v) is 11.4. The lowest BCUT2D eigenvalue weighted by Crippen LogP contribution is -2.13. The van der Waals surface area contributed by atoms with Crippen molar-refractivity contribution >= 4 is 44.7 Å². The van der Waals surface area contributed by atoms with Gasteiger partial charge in [0.2, 0.25) is 0 Å². The Morgan fingerprint density at radius 1 is 1.53 bits per heavy atom. The van der Waals surface area contributed by atoms with Gasteiger partial charge in [-0.1, -0.05) is 0 Å². The normalized spacial score (nSPS) is 10.2. The predicted octanol–water partition coefficient (Wildman–Crippen LogP) is 3.05. The van der Waals surface area contributed by atoms with E-state index in [1.165, 1.54) is 17.5 Å². The fourth-order valence-electron chi connectivity index (χ4n) is 1.31. The highest BCUT2D eigenvalue weighted by atomic mass is 79.9. The summed E-state index contributed by atoms with van der Waals surface area (Å²) in [5.41, 5.74) is 7.74. The van der Waals surface area contributed by atoms with Gasteiger partial charge in [0, 0.05) is 5.38 Å². The van der Waals surface area contributed by atoms with Crippen molar-refractivity contribution in [2.24, 2.45) is 0 Å². The van der Waals surface area contributed by atoms with Crippen LogP contribution in [0.5, 0.6) is 0 Å². The number of halogens is 1. The third-order valence-electron chi connectivity index (χ3n) is 2.19. The molecule has 0 unspecified atom stereocenters. The third kappa shape index (κ3) is 2.65. The number of nitrogens with one attached hydrogen (secondary N) is 1. The average Bonchev–Trinajstić information content (AvgIpc) is 2.68. The molecule has 0 saturated carbocycles. The lowest BCUT2D eigenvalue weighted by molar-refractivity contribution is 0.102. The molecule has 0 aliphatic carbocycles. The van der Waals surface area contributed by atoms with E-state index in [2.05, 4.69) is 26.2 Å². The van der Waals surface area contributed by atoms with E-state index in [1.807, 2.05) is 17.7 Å². The van der Waals surface area contributed by atoms with Crippen molar-refractivity contribution in [1.29, 1.82) is 0 Å². The fraction of sp³-hybridized carbons (Fsp3) is 0.0909. The fourth-order valence-corrected chi connectivity index (χ4v) is 2.61. The van der Waals surface area contributed by atoms with Gasteiger partial charge in [0.15, 0.2) is 0 Å². The Balaban J connectivity index is 2.22. The zero-order valence-electron chi connectivity index (χ0n) is 9.03. The first-order valence-corrected chi connectivity index (χ1v) is 6.56. The molecule has 2 aromatic rings. The number of hydrogen-bond donors (Lipinski definition) is 2. The molecular weight excluding hydrogens is 302 g/mol. The van der Waals surface area contributed by atoms with Crippen LogP contribution in [0.1, 0.15) is 15.9 Å². The third-order valence-corrected chi connectivity index (χ3v) is 3.66. The molecule has 0 bridgehead atoms. The van der Waals surface area contributed by atoms with Gasteiger partial charge in [-0.15, -0.1) is 0 Å². The van der Waals surface area contributed by atoms with Gasteiger partial charge in [0.1, 0.15) is 5.82 Å². The van der Waals surface area contributed by atoms with Crippen LogP contribution in [0.3, 0.4) is 0 Å². The number of nitrogens with two attached hydrogens (primary N) is 1. The van der Waals surface area contributed by atoms with E-state index in [1.54, 1.807) is 6.07 Å². The van der Waals surface area contributed by atoms with E-state index in [0.29, 0.717) is 21.5 Å². The summed E-state index contributed by atoms with van der Waals surface area (Å²) in [4.78, 5) is 16.0. The summed E-state index contributed by atoms with van der Waals surface area (Å²) < 4.78 is 0.665. The highest BCUT2D eigenvalue weighted by Crippen LogP contribution is 2.23. The highest BCUT2D eigenvalue weighted by molar-refractivity contribution is 9.10. The molecule has 17 heavy (non-hydrogen) atoms. The topological polar surface area (TPSA) is 68.0 Å². The van der Waals surface area contributed by atoms with Crippen LogP contribution < -0.4 is 11.1 Å². The molecule has 88 valence electrons. The quantitative estimate of drug-likeness (QED) is 0.895. The Kier molecular flexibility index (Phi) is 3.44. The first kappa shape index (κ1) is 12.1. The number of nitrogen functional groups attached to an aromatic ring is 1. The SMILES string of the molecule is Cc1cscc1C(=O)Nc1ncc(N)cc1Br. The van der Waals surface area contributed by atoms with Gasteiger partial charge < -0.3 is 11.1 Å². The van der Waals surface area contributed by atoms with Gasteiger partial charge in [-0.3, -0.25) is 4.79 Å². The van der Waals surface area contributed by atoms with Gasteiger partial charge in [-0.2, -0.15) is 11.3 Å². The molecule has 0 atom stereocenters. The number of thiophene rings is 1. The number of rotatable bonds is 2. The molecule has 2 rings (SSSR count). The second-order valence-corrected chi connectivity index (χ2v) is 5.12. The van der Waals surface area contributed by atoms with Crippen molar-refractivity contribution in [2.45, 2.75) is 6.92 Å². The minimum atomic E-state index is -0.165. The van der Waals surface area contributed by atoms with Gasteiger partial charge in [0.25, 0.3) is 5.91 Å². The van der Waals surface area contributed by atoms with Crippen molar-refractivity contribution in [2.75, 3.05) is 11.1 Å². The van der Waals surface area contributed by atoms with Gasteiger partial charge in [-0.25, -0.2) is 4.98 Å². The van der Waals surface area contributed by atoms with Crippen molar-refractivity contribution in [1.82, 2.24) is 4.98 Å². The molecule has 0 saturated heterocycles. The van der Waals surface area contributed by atoms with Crippen LogP contribution in [-0.2, 0) is 0 Å². The summed E-state index contributed by atoms with van der Waals surface area (Å²) in [5, 5.41) is 6.48. The van der Waals surface area contributed by atoms with E-state index in [9.17, 15) is 4.79 Å². The minimum Gasteiger partial charge on any atom is -0.397 e. The van der Waals surface area contributed by atoms with Crippen LogP contribution >= 0.6 is 27.3 Å². The number of aryl methyl sites for hydroxylation is 1. The first-order valence-electron chi connectivity index (χ1n) is 4.83. The summed E-state index contributed by atoms with van der Waals surface area (Å²) in [6, 6.07) is 1.70. The molecule has 2 aromatic heterocycles. The average molecular weight is 312 g/mol. The second kappa shape index (κ2) is 4.85. The minimum absolute atomic E-state index is 0.165. The number of amides is 1. The van der Waals surface area contributed by atoms with E-state index < -0.39 is 0 Å². The summed E-state index contributed by atoms with van der Waals surface area (Å²) in [7, 11) is 0. The molecule has 4 nitrogen and oxygen atoms in total. The van der Waals surface area contributed by atoms with Crippen LogP contribution in [0, 0.1) is 6.92 Å². The van der Waals surface area contributed by atoms with Crippen molar-refractivity contribution in [3.63, 3.8) is 0 Å². The standard InChI is InChI=1S/C11H10BrN3OS/c1-6-4-17-5-8(6)11(16)15-10-9(12)2-7(13)3-14-10/h2-5H,13H2,1H3,(H,14,15,16). The number of nitrogens with zero attached hydrogens (tertiary/aromatic N) is 1. The number of carbonyl (C=O) groups is 1. The first-order chi connectivity index (χ1) is 8.08. The smallest absolute Gasteiger partial charge is 0.257 e. The lowest BCUT2D eigenvalue weighted by Gasteiger charge is -2.06. The number of anilines is 2. The Bertz CT molecular complexity index is 568. The summed E-state index contributed by atoms with van der Waals surface area (Å²) in [5.74, 6) is 0.302. The molecule has 2 heterocycles. The molecule has 6 heteroatoms. The van der Waals surface area contributed by atoms with Crippen LogP contribution in [0.15, 0.2) is 27.5 Å². The molecule has 0 radical (unpaired) electrons. The summed E-state index contributed by atoms with van der Waals surface area (Å²) in [6.07, 6.45) is 1.50. The molecule has 0 aliphatic rings. The Labute approximate surface area is 111 Å². The lowest BCUT2D eigenvalue weighted by atomic mass is 10.2. The summed E-state index contributed by atoms with van der Waals surface area (Å²) in [6.45, 7) is 1.90. The predicted molar refractivity (Wildman–Crippen MR) is 73.4 cm³/mol. The van der Waals surface area contributed by atoms with Crippen LogP contribution in [0.4, 0.5) is 11.5 Å². The monoisotopic (exact) mass is 311 g/mol. The van der Waals surface area contributed by atoms with Gasteiger partial charge in [-0.05, 0) is 39.9 Å². The molecule has 0 aromatic carbocycles. The molecule has 1 amide bonds.